The monoisotopic (exact) mass is 311 g/mol. The van der Waals surface area contributed by atoms with Gasteiger partial charge in [-0.3, -0.25) is 4.79 Å². The maximum Gasteiger partial charge on any atom is 0.284 e. The van der Waals surface area contributed by atoms with E-state index in [1.807, 2.05) is 6.92 Å². The number of hydrogen-bond donors (Lipinski definition) is 1. The van der Waals surface area contributed by atoms with E-state index >= 15 is 0 Å². The number of carbonyl (C=O) groups is 1. The summed E-state index contributed by atoms with van der Waals surface area (Å²) in [5.41, 5.74) is 2.76. The molecule has 0 spiro atoms. The molecule has 20 heavy (non-hydrogen) atoms. The topological polar surface area (TPSA) is 71.0 Å². The Labute approximate surface area is 125 Å². The quantitative estimate of drug-likeness (QED) is 0.887. The number of rotatable bonds is 6. The third-order valence-electron chi connectivity index (χ3n) is 2.71. The molecular formula is C12H17N5OS2. The van der Waals surface area contributed by atoms with Crippen molar-refractivity contribution in [3.05, 3.63) is 21.1 Å². The number of thiazole rings is 1. The van der Waals surface area contributed by atoms with Crippen molar-refractivity contribution in [3.8, 4) is 0 Å². The number of anilines is 1. The van der Waals surface area contributed by atoms with Gasteiger partial charge in [0.1, 0.15) is 0 Å². The molecular weight excluding hydrogens is 294 g/mol. The van der Waals surface area contributed by atoms with Crippen LogP contribution in [0.15, 0.2) is 5.51 Å². The molecule has 8 heteroatoms. The summed E-state index contributed by atoms with van der Waals surface area (Å²) in [7, 11) is 1.77. The van der Waals surface area contributed by atoms with Gasteiger partial charge in [0.2, 0.25) is 10.1 Å². The molecule has 0 bridgehead atoms. The van der Waals surface area contributed by atoms with Gasteiger partial charge in [0.05, 0.1) is 17.7 Å². The smallest absolute Gasteiger partial charge is 0.284 e. The van der Waals surface area contributed by atoms with E-state index in [0.29, 0.717) is 16.7 Å². The fraction of sp³-hybridized carbons (Fsp3) is 0.500. The zero-order valence-corrected chi connectivity index (χ0v) is 13.3. The van der Waals surface area contributed by atoms with Crippen molar-refractivity contribution in [1.29, 1.82) is 0 Å². The minimum Gasteiger partial charge on any atom is -0.360 e. The second-order valence-corrected chi connectivity index (χ2v) is 6.28. The molecule has 0 radical (unpaired) electrons. The molecule has 0 atom stereocenters. The summed E-state index contributed by atoms with van der Waals surface area (Å²) >= 11 is 2.85. The summed E-state index contributed by atoms with van der Waals surface area (Å²) in [6, 6.07) is 0. The number of aryl methyl sites for hydroxylation is 1. The number of nitrogens with zero attached hydrogens (tertiary/aromatic N) is 4. The molecule has 0 aliphatic carbocycles. The number of amides is 1. The van der Waals surface area contributed by atoms with E-state index in [0.717, 1.165) is 23.5 Å². The van der Waals surface area contributed by atoms with E-state index in [-0.39, 0.29) is 5.91 Å². The molecule has 2 aromatic rings. The van der Waals surface area contributed by atoms with Gasteiger partial charge in [-0.05, 0) is 13.3 Å². The summed E-state index contributed by atoms with van der Waals surface area (Å²) in [6.45, 7) is 5.40. The first kappa shape index (κ1) is 14.9. The summed E-state index contributed by atoms with van der Waals surface area (Å²) in [6.07, 6.45) is 1.01. The number of aromatic nitrogens is 3. The fourth-order valence-electron chi connectivity index (χ4n) is 1.54. The standard InChI is InChI=1S/C12H17N5OS2/c1-4-5-13-12-16-15-10(20-12)11(18)17(3)6-9-8(2)14-7-19-9/h7H,4-6H2,1-3H3,(H,13,16). The molecule has 0 fully saturated rings. The lowest BCUT2D eigenvalue weighted by molar-refractivity contribution is 0.0785. The largest absolute Gasteiger partial charge is 0.360 e. The van der Waals surface area contributed by atoms with Crippen LogP contribution >= 0.6 is 22.7 Å². The normalized spacial score (nSPS) is 10.6. The van der Waals surface area contributed by atoms with Gasteiger partial charge in [-0.25, -0.2) is 4.98 Å². The van der Waals surface area contributed by atoms with E-state index in [9.17, 15) is 4.79 Å². The van der Waals surface area contributed by atoms with Crippen molar-refractivity contribution in [2.24, 2.45) is 0 Å². The van der Waals surface area contributed by atoms with Crippen LogP contribution < -0.4 is 5.32 Å². The predicted octanol–water partition coefficient (Wildman–Crippen LogP) is 2.40. The highest BCUT2D eigenvalue weighted by Crippen LogP contribution is 2.19. The third kappa shape index (κ3) is 3.51. The SMILES string of the molecule is CCCNc1nnc(C(=O)N(C)Cc2scnc2C)s1. The molecule has 0 aromatic carbocycles. The Morgan fingerprint density at radius 1 is 1.45 bits per heavy atom. The van der Waals surface area contributed by atoms with Crippen LogP contribution in [0.2, 0.25) is 0 Å². The first-order valence-electron chi connectivity index (χ1n) is 6.33. The lowest BCUT2D eigenvalue weighted by Gasteiger charge is -2.14. The van der Waals surface area contributed by atoms with Crippen LogP contribution in [0.4, 0.5) is 5.13 Å². The summed E-state index contributed by atoms with van der Waals surface area (Å²) < 4.78 is 0. The Balaban J connectivity index is 1.99. The first-order valence-corrected chi connectivity index (χ1v) is 8.03. The Morgan fingerprint density at radius 3 is 2.90 bits per heavy atom. The third-order valence-corrected chi connectivity index (χ3v) is 4.50. The Bertz CT molecular complexity index is 580. The summed E-state index contributed by atoms with van der Waals surface area (Å²) in [4.78, 5) is 19.2. The van der Waals surface area contributed by atoms with Gasteiger partial charge in [-0.1, -0.05) is 18.3 Å². The summed E-state index contributed by atoms with van der Waals surface area (Å²) in [5, 5.41) is 12.1. The maximum atomic E-state index is 12.3. The Morgan fingerprint density at radius 2 is 2.25 bits per heavy atom. The van der Waals surface area contributed by atoms with Gasteiger partial charge in [-0.2, -0.15) is 0 Å². The maximum absolute atomic E-state index is 12.3. The minimum atomic E-state index is -0.111. The van der Waals surface area contributed by atoms with Crippen molar-refractivity contribution in [2.75, 3.05) is 18.9 Å². The zero-order valence-electron chi connectivity index (χ0n) is 11.7. The lowest BCUT2D eigenvalue weighted by Crippen LogP contribution is -2.26. The Hall–Kier alpha value is -1.54. The van der Waals surface area contributed by atoms with Crippen LogP contribution in [0.5, 0.6) is 0 Å². The van der Waals surface area contributed by atoms with Crippen molar-refractivity contribution in [3.63, 3.8) is 0 Å². The van der Waals surface area contributed by atoms with Crippen LogP contribution in [-0.2, 0) is 6.54 Å². The molecule has 0 saturated carbocycles. The van der Waals surface area contributed by atoms with Gasteiger partial charge in [0, 0.05) is 18.5 Å². The van der Waals surface area contributed by atoms with Crippen molar-refractivity contribution >= 4 is 33.7 Å². The van der Waals surface area contributed by atoms with Crippen LogP contribution in [-0.4, -0.2) is 39.6 Å². The average Bonchev–Trinajstić information content (AvgIpc) is 3.05. The van der Waals surface area contributed by atoms with Gasteiger partial charge in [0.25, 0.3) is 5.91 Å². The number of hydrogen-bond acceptors (Lipinski definition) is 7. The zero-order chi connectivity index (χ0) is 14.5. The molecule has 2 heterocycles. The Kier molecular flexibility index (Phi) is 5.02. The predicted molar refractivity (Wildman–Crippen MR) is 81.3 cm³/mol. The average molecular weight is 311 g/mol. The molecule has 1 amide bonds. The van der Waals surface area contributed by atoms with Crippen LogP contribution in [0.25, 0.3) is 0 Å². The molecule has 1 N–H and O–H groups in total. The van der Waals surface area contributed by atoms with Crippen LogP contribution in [0, 0.1) is 6.92 Å². The van der Waals surface area contributed by atoms with Gasteiger partial charge in [-0.15, -0.1) is 21.5 Å². The molecule has 0 aliphatic rings. The number of carbonyl (C=O) groups excluding carboxylic acids is 1. The van der Waals surface area contributed by atoms with Gasteiger partial charge < -0.3 is 10.2 Å². The van der Waals surface area contributed by atoms with E-state index in [1.54, 1.807) is 28.8 Å². The molecule has 0 unspecified atom stereocenters. The minimum absolute atomic E-state index is 0.111. The molecule has 0 saturated heterocycles. The fourth-order valence-corrected chi connectivity index (χ4v) is 3.13. The highest BCUT2D eigenvalue weighted by molar-refractivity contribution is 7.17. The van der Waals surface area contributed by atoms with Gasteiger partial charge >= 0.3 is 0 Å². The second-order valence-electron chi connectivity index (χ2n) is 4.36. The second kappa shape index (κ2) is 6.76. The molecule has 2 aromatic heterocycles. The van der Waals surface area contributed by atoms with Crippen molar-refractivity contribution in [2.45, 2.75) is 26.8 Å². The number of nitrogens with one attached hydrogen (secondary N) is 1. The van der Waals surface area contributed by atoms with Crippen LogP contribution in [0.3, 0.4) is 0 Å². The molecule has 2 rings (SSSR count). The highest BCUT2D eigenvalue weighted by atomic mass is 32.1. The van der Waals surface area contributed by atoms with E-state index in [1.165, 1.54) is 11.3 Å². The van der Waals surface area contributed by atoms with E-state index in [4.69, 9.17) is 0 Å². The summed E-state index contributed by atoms with van der Waals surface area (Å²) in [5.74, 6) is -0.111. The van der Waals surface area contributed by atoms with Crippen molar-refractivity contribution < 1.29 is 4.79 Å². The van der Waals surface area contributed by atoms with E-state index in [2.05, 4.69) is 27.4 Å². The molecule has 108 valence electrons. The van der Waals surface area contributed by atoms with Crippen LogP contribution in [0.1, 0.15) is 33.7 Å². The van der Waals surface area contributed by atoms with Crippen molar-refractivity contribution in [1.82, 2.24) is 20.1 Å². The molecule has 0 aliphatic heterocycles. The lowest BCUT2D eigenvalue weighted by atomic mass is 10.3. The molecule has 6 nitrogen and oxygen atoms in total. The first-order chi connectivity index (χ1) is 9.61. The van der Waals surface area contributed by atoms with E-state index < -0.39 is 0 Å². The van der Waals surface area contributed by atoms with Gasteiger partial charge in [0.15, 0.2) is 0 Å². The highest BCUT2D eigenvalue weighted by Gasteiger charge is 2.18.